The highest BCUT2D eigenvalue weighted by Crippen LogP contribution is 2.24. The molecule has 1 heteroatoms. The Morgan fingerprint density at radius 3 is 3.20 bits per heavy atom. The maximum Gasteiger partial charge on any atom is 0.0563 e. The van der Waals surface area contributed by atoms with Crippen LogP contribution in [0.4, 0.5) is 0 Å². The van der Waals surface area contributed by atoms with E-state index in [9.17, 15) is 0 Å². The lowest BCUT2D eigenvalue weighted by atomic mass is 9.95. The minimum absolute atomic E-state index is 1.04. The molecule has 0 aromatic heterocycles. The highest BCUT2D eigenvalue weighted by Gasteiger charge is 2.12. The van der Waals surface area contributed by atoms with Gasteiger partial charge in [-0.3, -0.25) is 5.32 Å². The Morgan fingerprint density at radius 1 is 1.30 bits per heavy atom. The molecule has 0 unspecified atom stereocenters. The maximum absolute atomic E-state index is 4.44. The van der Waals surface area contributed by atoms with E-state index in [-0.39, 0.29) is 0 Å². The first-order chi connectivity index (χ1) is 4.97. The minimum atomic E-state index is 1.04. The first kappa shape index (κ1) is 6.02. The fraction of sp³-hybridized carbons (Fsp3) is 0.556. The molecule has 0 spiro atoms. The summed E-state index contributed by atoms with van der Waals surface area (Å²) in [5.74, 6) is 0. The van der Waals surface area contributed by atoms with Gasteiger partial charge in [-0.2, -0.15) is 0 Å². The summed E-state index contributed by atoms with van der Waals surface area (Å²) in [6, 6.07) is 0. The van der Waals surface area contributed by atoms with Gasteiger partial charge in [0.2, 0.25) is 0 Å². The van der Waals surface area contributed by atoms with Gasteiger partial charge in [-0.1, -0.05) is 6.08 Å². The number of hydrogen-bond donors (Lipinski definition) is 0. The number of hydrogen-bond acceptors (Lipinski definition) is 0. The Hall–Kier alpha value is -0.720. The van der Waals surface area contributed by atoms with Crippen molar-refractivity contribution in [3.63, 3.8) is 0 Å². The van der Waals surface area contributed by atoms with Gasteiger partial charge < -0.3 is 0 Å². The number of rotatable bonds is 0. The predicted molar refractivity (Wildman–Crippen MR) is 41.6 cm³/mol. The summed E-state index contributed by atoms with van der Waals surface area (Å²) < 4.78 is 0. The van der Waals surface area contributed by atoms with E-state index in [1.165, 1.54) is 31.4 Å². The van der Waals surface area contributed by atoms with Crippen LogP contribution < -0.4 is 5.32 Å². The molecule has 1 nitrogen and oxygen atoms in total. The van der Waals surface area contributed by atoms with E-state index in [0.29, 0.717) is 0 Å². The molecule has 2 aliphatic rings. The van der Waals surface area contributed by atoms with Crippen molar-refractivity contribution in [2.45, 2.75) is 25.7 Å². The zero-order valence-electron chi connectivity index (χ0n) is 6.14. The Morgan fingerprint density at radius 2 is 2.30 bits per heavy atom. The first-order valence-electron chi connectivity index (χ1n) is 4.03. The van der Waals surface area contributed by atoms with E-state index in [1.54, 1.807) is 5.57 Å². The van der Waals surface area contributed by atoms with Gasteiger partial charge in [0.25, 0.3) is 0 Å². The molecule has 0 bridgehead atoms. The van der Waals surface area contributed by atoms with Gasteiger partial charge in [-0.15, -0.1) is 0 Å². The van der Waals surface area contributed by atoms with Gasteiger partial charge >= 0.3 is 0 Å². The molecule has 1 radical (unpaired) electrons. The quantitative estimate of drug-likeness (QED) is 0.481. The van der Waals surface area contributed by atoms with E-state index in [1.807, 2.05) is 0 Å². The van der Waals surface area contributed by atoms with Crippen LogP contribution in [0.25, 0.3) is 0 Å². The smallest absolute Gasteiger partial charge is 0.0563 e. The average Bonchev–Trinajstić information content (AvgIpc) is 2.05. The highest BCUT2D eigenvalue weighted by molar-refractivity contribution is 5.29. The molecule has 0 amide bonds. The second-order valence-corrected chi connectivity index (χ2v) is 2.92. The molecule has 0 atom stereocenters. The third-order valence-corrected chi connectivity index (χ3v) is 2.17. The monoisotopic (exact) mass is 134 g/mol. The predicted octanol–water partition coefficient (Wildman–Crippen LogP) is 1.99. The molecule has 1 aliphatic heterocycles. The van der Waals surface area contributed by atoms with Gasteiger partial charge in [-0.25, -0.2) is 0 Å². The van der Waals surface area contributed by atoms with Crippen LogP contribution in [-0.4, -0.2) is 6.54 Å². The van der Waals surface area contributed by atoms with Crippen LogP contribution in [0, 0.1) is 0 Å². The Kier molecular flexibility index (Phi) is 1.50. The van der Waals surface area contributed by atoms with Gasteiger partial charge in [0.15, 0.2) is 0 Å². The van der Waals surface area contributed by atoms with Crippen LogP contribution in [0.5, 0.6) is 0 Å². The van der Waals surface area contributed by atoms with Gasteiger partial charge in [-0.05, 0) is 37.3 Å². The zero-order valence-corrected chi connectivity index (χ0v) is 6.14. The molecule has 0 fully saturated rings. The van der Waals surface area contributed by atoms with Crippen molar-refractivity contribution in [1.29, 1.82) is 0 Å². The SMILES string of the molecule is C1=CC2=C(CC1)CCC[N]2. The van der Waals surface area contributed by atoms with Gasteiger partial charge in [0.05, 0.1) is 5.70 Å². The summed E-state index contributed by atoms with van der Waals surface area (Å²) in [5.41, 5.74) is 2.88. The molecule has 53 valence electrons. The minimum Gasteiger partial charge on any atom is -0.285 e. The number of nitrogens with zero attached hydrogens (tertiary/aromatic N) is 1. The second kappa shape index (κ2) is 2.49. The van der Waals surface area contributed by atoms with Crippen molar-refractivity contribution >= 4 is 0 Å². The lowest BCUT2D eigenvalue weighted by Gasteiger charge is -2.20. The largest absolute Gasteiger partial charge is 0.285 e. The summed E-state index contributed by atoms with van der Waals surface area (Å²) >= 11 is 0. The summed E-state index contributed by atoms with van der Waals surface area (Å²) in [6.07, 6.45) is 9.46. The summed E-state index contributed by atoms with van der Waals surface area (Å²) in [7, 11) is 0. The van der Waals surface area contributed by atoms with Crippen molar-refractivity contribution < 1.29 is 0 Å². The fourth-order valence-corrected chi connectivity index (χ4v) is 1.61. The van der Waals surface area contributed by atoms with Crippen LogP contribution in [0.1, 0.15) is 25.7 Å². The van der Waals surface area contributed by atoms with Crippen LogP contribution in [0.3, 0.4) is 0 Å². The summed E-state index contributed by atoms with van der Waals surface area (Å²) in [4.78, 5) is 0. The first-order valence-corrected chi connectivity index (χ1v) is 4.03. The highest BCUT2D eigenvalue weighted by atomic mass is 14.9. The molecule has 0 aromatic rings. The van der Waals surface area contributed by atoms with E-state index < -0.39 is 0 Å². The van der Waals surface area contributed by atoms with Crippen LogP contribution in [0.2, 0.25) is 0 Å². The Balaban J connectivity index is 2.23. The molecule has 0 aromatic carbocycles. The third-order valence-electron chi connectivity index (χ3n) is 2.17. The third kappa shape index (κ3) is 0.962. The second-order valence-electron chi connectivity index (χ2n) is 2.92. The fourth-order valence-electron chi connectivity index (χ4n) is 1.61. The molecule has 0 saturated heterocycles. The standard InChI is InChI=1S/C9H12N/c1-2-6-9-8(4-1)5-3-7-10-9/h2,6H,1,3-5,7H2. The molecular weight excluding hydrogens is 122 g/mol. The van der Waals surface area contributed by atoms with E-state index in [0.717, 1.165) is 6.54 Å². The van der Waals surface area contributed by atoms with Gasteiger partial charge in [0.1, 0.15) is 0 Å². The molecular formula is C9H12N. The molecule has 1 aliphatic carbocycles. The Bertz CT molecular complexity index is 189. The normalized spacial score (nSPS) is 24.0. The maximum atomic E-state index is 4.44. The van der Waals surface area contributed by atoms with E-state index in [2.05, 4.69) is 17.5 Å². The lowest BCUT2D eigenvalue weighted by Crippen LogP contribution is -2.15. The summed E-state index contributed by atoms with van der Waals surface area (Å²) in [5, 5.41) is 4.44. The van der Waals surface area contributed by atoms with Gasteiger partial charge in [0, 0.05) is 6.54 Å². The lowest BCUT2D eigenvalue weighted by molar-refractivity contribution is 0.634. The molecule has 2 rings (SSSR count). The van der Waals surface area contributed by atoms with Crippen molar-refractivity contribution in [2.75, 3.05) is 6.54 Å². The molecule has 10 heavy (non-hydrogen) atoms. The molecule has 0 N–H and O–H groups in total. The van der Waals surface area contributed by atoms with Crippen molar-refractivity contribution in [3.8, 4) is 0 Å². The van der Waals surface area contributed by atoms with Crippen molar-refractivity contribution in [3.05, 3.63) is 23.4 Å². The van der Waals surface area contributed by atoms with Crippen LogP contribution in [-0.2, 0) is 0 Å². The van der Waals surface area contributed by atoms with E-state index in [4.69, 9.17) is 0 Å². The Labute approximate surface area is 61.8 Å². The topological polar surface area (TPSA) is 14.1 Å². The van der Waals surface area contributed by atoms with Crippen molar-refractivity contribution in [1.82, 2.24) is 5.32 Å². The van der Waals surface area contributed by atoms with Crippen LogP contribution >= 0.6 is 0 Å². The molecule has 0 saturated carbocycles. The average molecular weight is 134 g/mol. The molecule has 1 heterocycles. The van der Waals surface area contributed by atoms with Crippen molar-refractivity contribution in [2.24, 2.45) is 0 Å². The number of allylic oxidation sites excluding steroid dienone is 3. The van der Waals surface area contributed by atoms with E-state index >= 15 is 0 Å². The van der Waals surface area contributed by atoms with Crippen LogP contribution in [0.15, 0.2) is 23.4 Å². The zero-order chi connectivity index (χ0) is 6.81. The summed E-state index contributed by atoms with van der Waals surface area (Å²) in [6.45, 7) is 1.04.